The maximum atomic E-state index is 13.6. The lowest BCUT2D eigenvalue weighted by atomic mass is 10.1. The summed E-state index contributed by atoms with van der Waals surface area (Å²) in [7, 11) is 0. The van der Waals surface area contributed by atoms with Crippen molar-refractivity contribution < 1.29 is 27.5 Å². The summed E-state index contributed by atoms with van der Waals surface area (Å²) in [6.07, 6.45) is -7.05. The molecule has 1 aromatic carbocycles. The summed E-state index contributed by atoms with van der Waals surface area (Å²) < 4.78 is 50.4. The molecule has 22 heavy (non-hydrogen) atoms. The van der Waals surface area contributed by atoms with Gasteiger partial charge in [0.2, 0.25) is 0 Å². The van der Waals surface area contributed by atoms with Gasteiger partial charge in [0.1, 0.15) is 5.82 Å². The molecule has 1 aliphatic rings. The van der Waals surface area contributed by atoms with E-state index in [1.54, 1.807) is 6.07 Å². The van der Waals surface area contributed by atoms with Crippen LogP contribution in [0.4, 0.5) is 17.6 Å². The van der Waals surface area contributed by atoms with Gasteiger partial charge in [-0.05, 0) is 12.1 Å². The molecule has 1 atom stereocenters. The number of benzene rings is 1. The number of hydrogen-bond donors (Lipinski definition) is 1. The third-order valence-corrected chi connectivity index (χ3v) is 3.57. The van der Waals surface area contributed by atoms with E-state index >= 15 is 0 Å². The highest BCUT2D eigenvalue weighted by Crippen LogP contribution is 2.21. The van der Waals surface area contributed by atoms with Crippen molar-refractivity contribution in [1.29, 1.82) is 0 Å². The van der Waals surface area contributed by atoms with E-state index in [4.69, 9.17) is 5.11 Å². The van der Waals surface area contributed by atoms with Crippen molar-refractivity contribution in [1.82, 2.24) is 9.80 Å². The quantitative estimate of drug-likeness (QED) is 0.859. The summed E-state index contributed by atoms with van der Waals surface area (Å²) in [5.41, 5.74) is -0.0497. The fourth-order valence-electron chi connectivity index (χ4n) is 2.29. The number of carbonyl (C=O) groups is 1. The molecule has 0 saturated carbocycles. The SMILES string of the molecule is O=C(c1ccccc1F)N1CCN(CC(O)C(F)(F)F)CC1. The second kappa shape index (κ2) is 6.62. The molecule has 4 nitrogen and oxygen atoms in total. The van der Waals surface area contributed by atoms with E-state index in [-0.39, 0.29) is 31.7 Å². The molecule has 1 fully saturated rings. The van der Waals surface area contributed by atoms with Gasteiger partial charge in [-0.1, -0.05) is 12.1 Å². The molecule has 8 heteroatoms. The zero-order valence-corrected chi connectivity index (χ0v) is 11.7. The number of hydrogen-bond acceptors (Lipinski definition) is 3. The number of aliphatic hydroxyl groups is 1. The fourth-order valence-corrected chi connectivity index (χ4v) is 2.29. The average Bonchev–Trinajstić information content (AvgIpc) is 2.47. The van der Waals surface area contributed by atoms with Gasteiger partial charge < -0.3 is 10.0 Å². The molecular formula is C14H16F4N2O2. The number of halogens is 4. The molecule has 122 valence electrons. The third-order valence-electron chi connectivity index (χ3n) is 3.57. The lowest BCUT2D eigenvalue weighted by molar-refractivity contribution is -0.208. The minimum atomic E-state index is -4.65. The first-order valence-corrected chi connectivity index (χ1v) is 6.80. The maximum Gasteiger partial charge on any atom is 0.415 e. The number of aliphatic hydroxyl groups excluding tert-OH is 1. The van der Waals surface area contributed by atoms with Crippen molar-refractivity contribution in [2.75, 3.05) is 32.7 Å². The number of rotatable bonds is 3. The van der Waals surface area contributed by atoms with E-state index in [2.05, 4.69) is 0 Å². The van der Waals surface area contributed by atoms with E-state index < -0.39 is 30.5 Å². The number of alkyl halides is 3. The zero-order chi connectivity index (χ0) is 16.3. The van der Waals surface area contributed by atoms with Crippen molar-refractivity contribution in [3.8, 4) is 0 Å². The van der Waals surface area contributed by atoms with Gasteiger partial charge in [0.05, 0.1) is 5.56 Å². The molecule has 0 spiro atoms. The van der Waals surface area contributed by atoms with E-state index in [0.29, 0.717) is 0 Å². The molecule has 1 aromatic rings. The van der Waals surface area contributed by atoms with Gasteiger partial charge in [-0.2, -0.15) is 13.2 Å². The molecule has 1 unspecified atom stereocenters. The van der Waals surface area contributed by atoms with Crippen molar-refractivity contribution in [2.24, 2.45) is 0 Å². The molecule has 1 N–H and O–H groups in total. The molecule has 1 amide bonds. The van der Waals surface area contributed by atoms with Crippen molar-refractivity contribution in [3.05, 3.63) is 35.6 Å². The summed E-state index contributed by atoms with van der Waals surface area (Å²) in [6, 6.07) is 5.58. The van der Waals surface area contributed by atoms with E-state index in [1.165, 1.54) is 28.0 Å². The van der Waals surface area contributed by atoms with Gasteiger partial charge in [-0.3, -0.25) is 9.69 Å². The molecule has 0 radical (unpaired) electrons. The molecule has 0 aromatic heterocycles. The van der Waals surface area contributed by atoms with Crippen LogP contribution in [-0.2, 0) is 0 Å². The van der Waals surface area contributed by atoms with Crippen LogP contribution in [0.1, 0.15) is 10.4 Å². The number of carbonyl (C=O) groups excluding carboxylic acids is 1. The lowest BCUT2D eigenvalue weighted by Gasteiger charge is -2.35. The molecule has 0 bridgehead atoms. The summed E-state index contributed by atoms with van der Waals surface area (Å²) in [6.45, 7) is 0.265. The highest BCUT2D eigenvalue weighted by Gasteiger charge is 2.39. The third kappa shape index (κ3) is 3.95. The van der Waals surface area contributed by atoms with E-state index in [0.717, 1.165) is 0 Å². The Morgan fingerprint density at radius 3 is 2.32 bits per heavy atom. The van der Waals surface area contributed by atoms with Crippen LogP contribution in [0.15, 0.2) is 24.3 Å². The van der Waals surface area contributed by atoms with Crippen LogP contribution in [0, 0.1) is 5.82 Å². The standard InChI is InChI=1S/C14H16F4N2O2/c15-11-4-2-1-3-10(11)13(22)20-7-5-19(6-8-20)9-12(21)14(16,17)18/h1-4,12,21H,5-9H2. The van der Waals surface area contributed by atoms with Crippen molar-refractivity contribution in [2.45, 2.75) is 12.3 Å². The minimum absolute atomic E-state index is 0.0497. The van der Waals surface area contributed by atoms with Crippen LogP contribution in [0.25, 0.3) is 0 Å². The van der Waals surface area contributed by atoms with Crippen molar-refractivity contribution >= 4 is 5.91 Å². The summed E-state index contributed by atoms with van der Waals surface area (Å²) in [5.74, 6) is -1.10. The lowest BCUT2D eigenvalue weighted by Crippen LogP contribution is -2.52. The highest BCUT2D eigenvalue weighted by atomic mass is 19.4. The van der Waals surface area contributed by atoms with Gasteiger partial charge in [0, 0.05) is 32.7 Å². The Labute approximate surface area is 124 Å². The van der Waals surface area contributed by atoms with Gasteiger partial charge in [-0.15, -0.1) is 0 Å². The summed E-state index contributed by atoms with van der Waals surface area (Å²) in [4.78, 5) is 15.0. The van der Waals surface area contributed by atoms with Gasteiger partial charge in [-0.25, -0.2) is 4.39 Å². The van der Waals surface area contributed by atoms with Crippen LogP contribution >= 0.6 is 0 Å². The smallest absolute Gasteiger partial charge is 0.382 e. The maximum absolute atomic E-state index is 13.6. The molecule has 1 saturated heterocycles. The van der Waals surface area contributed by atoms with E-state index in [1.807, 2.05) is 0 Å². The minimum Gasteiger partial charge on any atom is -0.382 e. The first-order valence-electron chi connectivity index (χ1n) is 6.80. The second-order valence-electron chi connectivity index (χ2n) is 5.13. The number of nitrogens with zero attached hydrogens (tertiary/aromatic N) is 2. The summed E-state index contributed by atoms with van der Waals surface area (Å²) >= 11 is 0. The van der Waals surface area contributed by atoms with Crippen LogP contribution < -0.4 is 0 Å². The Kier molecular flexibility index (Phi) is 5.02. The fraction of sp³-hybridized carbons (Fsp3) is 0.500. The normalized spacial score (nSPS) is 18.3. The van der Waals surface area contributed by atoms with Gasteiger partial charge >= 0.3 is 6.18 Å². The molecule has 0 aliphatic carbocycles. The molecule has 1 heterocycles. The van der Waals surface area contributed by atoms with E-state index in [9.17, 15) is 22.4 Å². The van der Waals surface area contributed by atoms with Gasteiger partial charge in [0.15, 0.2) is 6.10 Å². The Balaban J connectivity index is 1.90. The second-order valence-corrected chi connectivity index (χ2v) is 5.13. The number of β-amino-alcohol motifs (C(OH)–C–C–N with tert-alkyl or cyclic N) is 1. The van der Waals surface area contributed by atoms with Gasteiger partial charge in [0.25, 0.3) is 5.91 Å². The predicted octanol–water partition coefficient (Wildman–Crippen LogP) is 1.51. The van der Waals surface area contributed by atoms with Crippen LogP contribution in [-0.4, -0.2) is 65.8 Å². The predicted molar refractivity (Wildman–Crippen MR) is 70.8 cm³/mol. The first-order chi connectivity index (χ1) is 10.3. The monoisotopic (exact) mass is 320 g/mol. The first kappa shape index (κ1) is 16.7. The number of piperazine rings is 1. The Morgan fingerprint density at radius 2 is 1.77 bits per heavy atom. The molecular weight excluding hydrogens is 304 g/mol. The highest BCUT2D eigenvalue weighted by molar-refractivity contribution is 5.94. The molecule has 1 aliphatic heterocycles. The largest absolute Gasteiger partial charge is 0.415 e. The topological polar surface area (TPSA) is 43.8 Å². The van der Waals surface area contributed by atoms with Crippen LogP contribution in [0.2, 0.25) is 0 Å². The summed E-state index contributed by atoms with van der Waals surface area (Å²) in [5, 5.41) is 9.03. The Bertz CT molecular complexity index is 528. The number of amides is 1. The Morgan fingerprint density at radius 1 is 1.18 bits per heavy atom. The van der Waals surface area contributed by atoms with Crippen LogP contribution in [0.5, 0.6) is 0 Å². The van der Waals surface area contributed by atoms with Crippen molar-refractivity contribution in [3.63, 3.8) is 0 Å². The van der Waals surface area contributed by atoms with Crippen LogP contribution in [0.3, 0.4) is 0 Å². The average molecular weight is 320 g/mol. The Hall–Kier alpha value is -1.67. The molecule has 2 rings (SSSR count). The zero-order valence-electron chi connectivity index (χ0n) is 11.7.